The lowest BCUT2D eigenvalue weighted by molar-refractivity contribution is 0.221. The van der Waals surface area contributed by atoms with Crippen LogP contribution < -0.4 is 9.64 Å². The fraction of sp³-hybridized carbons (Fsp3) is 0.333. The van der Waals surface area contributed by atoms with E-state index in [1.54, 1.807) is 18.5 Å². The molecule has 6 heteroatoms. The maximum Gasteiger partial charge on any atom is 0.298 e. The highest BCUT2D eigenvalue weighted by Gasteiger charge is 2.23. The molecule has 1 aromatic carbocycles. The highest BCUT2D eigenvalue weighted by atomic mass is 35.5. The lowest BCUT2D eigenvalue weighted by atomic mass is 9.98. The van der Waals surface area contributed by atoms with Crippen LogP contribution in [-0.2, 0) is 0 Å². The molecule has 0 N–H and O–H groups in total. The Morgan fingerprint density at radius 3 is 2.83 bits per heavy atom. The van der Waals surface area contributed by atoms with Gasteiger partial charge in [0, 0.05) is 31.5 Å². The van der Waals surface area contributed by atoms with Crippen molar-refractivity contribution in [1.29, 1.82) is 0 Å². The van der Waals surface area contributed by atoms with Crippen LogP contribution in [0.1, 0.15) is 12.8 Å². The van der Waals surface area contributed by atoms with Crippen LogP contribution in [-0.4, -0.2) is 29.7 Å². The van der Waals surface area contributed by atoms with Crippen LogP contribution in [0.4, 0.5) is 6.01 Å². The number of hydrogen-bond acceptors (Lipinski definition) is 5. The molecule has 0 radical (unpaired) electrons. The van der Waals surface area contributed by atoms with Crippen molar-refractivity contribution >= 4 is 28.7 Å². The fourth-order valence-corrected chi connectivity index (χ4v) is 3.15. The Kier molecular flexibility index (Phi) is 4.26. The molecule has 0 spiro atoms. The standard InChI is InChI=1S/C18H18ClN3O2/c19-14-11-20-8-5-16(14)23-12-13-6-9-22(10-7-13)18-21-15-3-1-2-4-17(15)24-18/h1-5,8,11,13H,6-7,9-10,12H2. The molecule has 0 amide bonds. The van der Waals surface area contributed by atoms with Gasteiger partial charge in [0.2, 0.25) is 0 Å². The van der Waals surface area contributed by atoms with Crippen molar-refractivity contribution in [3.05, 3.63) is 47.7 Å². The van der Waals surface area contributed by atoms with Gasteiger partial charge in [0.15, 0.2) is 5.58 Å². The minimum absolute atomic E-state index is 0.509. The lowest BCUT2D eigenvalue weighted by Crippen LogP contribution is -2.35. The molecule has 4 rings (SSSR count). The summed E-state index contributed by atoms with van der Waals surface area (Å²) in [5.74, 6) is 1.21. The smallest absolute Gasteiger partial charge is 0.298 e. The zero-order valence-corrected chi connectivity index (χ0v) is 13.9. The largest absolute Gasteiger partial charge is 0.492 e. The molecule has 0 aliphatic carbocycles. The Bertz CT molecular complexity index is 795. The summed E-state index contributed by atoms with van der Waals surface area (Å²) < 4.78 is 11.7. The quantitative estimate of drug-likeness (QED) is 0.711. The summed E-state index contributed by atoms with van der Waals surface area (Å²) in [5, 5.41) is 0.557. The van der Waals surface area contributed by atoms with Gasteiger partial charge < -0.3 is 14.1 Å². The van der Waals surface area contributed by atoms with E-state index in [4.69, 9.17) is 20.8 Å². The van der Waals surface area contributed by atoms with Crippen molar-refractivity contribution in [2.75, 3.05) is 24.6 Å². The van der Waals surface area contributed by atoms with Crippen LogP contribution in [0.3, 0.4) is 0 Å². The highest BCUT2D eigenvalue weighted by Crippen LogP contribution is 2.28. The van der Waals surface area contributed by atoms with Crippen LogP contribution in [0, 0.1) is 5.92 Å². The number of oxazole rings is 1. The van der Waals surface area contributed by atoms with E-state index in [1.807, 2.05) is 24.3 Å². The molecule has 2 aromatic heterocycles. The predicted molar refractivity (Wildman–Crippen MR) is 93.7 cm³/mol. The maximum absolute atomic E-state index is 6.07. The lowest BCUT2D eigenvalue weighted by Gasteiger charge is -2.30. The number of hydrogen-bond donors (Lipinski definition) is 0. The first-order valence-electron chi connectivity index (χ1n) is 8.12. The average molecular weight is 344 g/mol. The second kappa shape index (κ2) is 6.69. The number of para-hydroxylation sites is 2. The third kappa shape index (κ3) is 3.17. The molecule has 24 heavy (non-hydrogen) atoms. The van der Waals surface area contributed by atoms with Gasteiger partial charge in [-0.05, 0) is 30.9 Å². The number of halogens is 1. The summed E-state index contributed by atoms with van der Waals surface area (Å²) in [6.07, 6.45) is 5.38. The Morgan fingerprint density at radius 2 is 2.04 bits per heavy atom. The van der Waals surface area contributed by atoms with E-state index in [0.717, 1.165) is 37.0 Å². The predicted octanol–water partition coefficient (Wildman–Crippen LogP) is 4.17. The van der Waals surface area contributed by atoms with Gasteiger partial charge in [0.25, 0.3) is 6.01 Å². The summed E-state index contributed by atoms with van der Waals surface area (Å²) >= 11 is 6.07. The summed E-state index contributed by atoms with van der Waals surface area (Å²) in [6, 6.07) is 10.4. The molecule has 5 nitrogen and oxygen atoms in total. The Hall–Kier alpha value is -2.27. The zero-order valence-electron chi connectivity index (χ0n) is 13.2. The minimum atomic E-state index is 0.509. The van der Waals surface area contributed by atoms with Gasteiger partial charge in [-0.25, -0.2) is 0 Å². The third-order valence-corrected chi connectivity index (χ3v) is 4.66. The molecule has 124 valence electrons. The molecule has 1 aliphatic rings. The van der Waals surface area contributed by atoms with Crippen LogP contribution >= 0.6 is 11.6 Å². The number of ether oxygens (including phenoxy) is 1. The number of piperidine rings is 1. The van der Waals surface area contributed by atoms with E-state index in [9.17, 15) is 0 Å². The number of anilines is 1. The van der Waals surface area contributed by atoms with Crippen molar-refractivity contribution in [3.8, 4) is 5.75 Å². The Labute approximate surface area is 145 Å². The number of pyridine rings is 1. The maximum atomic E-state index is 6.07. The van der Waals surface area contributed by atoms with E-state index < -0.39 is 0 Å². The third-order valence-electron chi connectivity index (χ3n) is 4.38. The molecule has 0 bridgehead atoms. The summed E-state index contributed by atoms with van der Waals surface area (Å²) in [7, 11) is 0. The second-order valence-corrected chi connectivity index (χ2v) is 6.42. The molecular weight excluding hydrogens is 326 g/mol. The molecule has 0 unspecified atom stereocenters. The number of fused-ring (bicyclic) bond motifs is 1. The minimum Gasteiger partial charge on any atom is -0.492 e. The van der Waals surface area contributed by atoms with Crippen LogP contribution in [0.15, 0.2) is 47.1 Å². The van der Waals surface area contributed by atoms with Crippen molar-refractivity contribution in [1.82, 2.24) is 9.97 Å². The normalized spacial score (nSPS) is 15.8. The Balaban J connectivity index is 1.34. The van der Waals surface area contributed by atoms with Gasteiger partial charge in [-0.3, -0.25) is 4.98 Å². The molecular formula is C18H18ClN3O2. The first-order chi connectivity index (χ1) is 11.8. The zero-order chi connectivity index (χ0) is 16.4. The van der Waals surface area contributed by atoms with Gasteiger partial charge >= 0.3 is 0 Å². The second-order valence-electron chi connectivity index (χ2n) is 6.01. The Morgan fingerprint density at radius 1 is 1.21 bits per heavy atom. The average Bonchev–Trinajstić information content (AvgIpc) is 3.06. The van der Waals surface area contributed by atoms with Crippen molar-refractivity contribution in [3.63, 3.8) is 0 Å². The first kappa shape index (κ1) is 15.3. The molecule has 1 fully saturated rings. The number of aromatic nitrogens is 2. The summed E-state index contributed by atoms with van der Waals surface area (Å²) in [5.41, 5.74) is 1.75. The summed E-state index contributed by atoms with van der Waals surface area (Å²) in [4.78, 5) is 10.7. The van der Waals surface area contributed by atoms with Gasteiger partial charge in [0.05, 0.1) is 6.61 Å². The first-order valence-corrected chi connectivity index (χ1v) is 8.50. The van der Waals surface area contributed by atoms with Crippen molar-refractivity contribution in [2.45, 2.75) is 12.8 Å². The van der Waals surface area contributed by atoms with Gasteiger partial charge in [-0.1, -0.05) is 23.7 Å². The van der Waals surface area contributed by atoms with Crippen molar-refractivity contribution in [2.24, 2.45) is 5.92 Å². The van der Waals surface area contributed by atoms with E-state index in [0.29, 0.717) is 29.3 Å². The van der Waals surface area contributed by atoms with Crippen LogP contribution in [0.2, 0.25) is 5.02 Å². The highest BCUT2D eigenvalue weighted by molar-refractivity contribution is 6.31. The van der Waals surface area contributed by atoms with E-state index >= 15 is 0 Å². The van der Waals surface area contributed by atoms with E-state index in [1.165, 1.54) is 0 Å². The monoisotopic (exact) mass is 343 g/mol. The summed E-state index contributed by atoms with van der Waals surface area (Å²) in [6.45, 7) is 2.51. The van der Waals surface area contributed by atoms with E-state index in [-0.39, 0.29) is 0 Å². The molecule has 0 saturated carbocycles. The van der Waals surface area contributed by atoms with Crippen LogP contribution in [0.25, 0.3) is 11.1 Å². The molecule has 0 atom stereocenters. The number of rotatable bonds is 4. The van der Waals surface area contributed by atoms with E-state index in [2.05, 4.69) is 14.9 Å². The van der Waals surface area contributed by atoms with Gasteiger partial charge in [-0.15, -0.1) is 0 Å². The molecule has 3 heterocycles. The number of benzene rings is 1. The van der Waals surface area contributed by atoms with Gasteiger partial charge in [0.1, 0.15) is 16.3 Å². The fourth-order valence-electron chi connectivity index (χ4n) is 2.97. The molecule has 1 aliphatic heterocycles. The molecule has 1 saturated heterocycles. The van der Waals surface area contributed by atoms with Crippen LogP contribution in [0.5, 0.6) is 5.75 Å². The van der Waals surface area contributed by atoms with Gasteiger partial charge in [-0.2, -0.15) is 4.98 Å². The van der Waals surface area contributed by atoms with Crippen molar-refractivity contribution < 1.29 is 9.15 Å². The topological polar surface area (TPSA) is 51.4 Å². The SMILES string of the molecule is Clc1cnccc1OCC1CCN(c2nc3ccccc3o2)CC1. The molecule has 3 aromatic rings. The number of nitrogens with zero attached hydrogens (tertiary/aromatic N) is 3.